The molecule has 128 valence electrons. The lowest BCUT2D eigenvalue weighted by Gasteiger charge is -2.13. The zero-order valence-corrected chi connectivity index (χ0v) is 14.9. The number of aryl methyl sites for hydroxylation is 3. The Labute approximate surface area is 148 Å². The van der Waals surface area contributed by atoms with Gasteiger partial charge < -0.3 is 15.4 Å². The molecular formula is C20H22N4O. The first-order chi connectivity index (χ1) is 12.0. The van der Waals surface area contributed by atoms with Gasteiger partial charge in [0.05, 0.1) is 12.8 Å². The van der Waals surface area contributed by atoms with Gasteiger partial charge in [-0.05, 0) is 56.2 Å². The van der Waals surface area contributed by atoms with E-state index in [0.29, 0.717) is 11.8 Å². The molecule has 0 saturated carbocycles. The molecule has 0 radical (unpaired) electrons. The fourth-order valence-electron chi connectivity index (χ4n) is 2.60. The first kappa shape index (κ1) is 16.8. The first-order valence-corrected chi connectivity index (χ1v) is 8.14. The predicted molar refractivity (Wildman–Crippen MR) is 102 cm³/mol. The van der Waals surface area contributed by atoms with Crippen LogP contribution < -0.4 is 15.4 Å². The molecular weight excluding hydrogens is 312 g/mol. The second-order valence-corrected chi connectivity index (χ2v) is 6.04. The summed E-state index contributed by atoms with van der Waals surface area (Å²) in [5, 5.41) is 6.58. The Balaban J connectivity index is 1.88. The van der Waals surface area contributed by atoms with Crippen LogP contribution in [0.2, 0.25) is 0 Å². The molecule has 0 amide bonds. The van der Waals surface area contributed by atoms with Crippen molar-refractivity contribution in [2.45, 2.75) is 20.8 Å². The van der Waals surface area contributed by atoms with E-state index >= 15 is 0 Å². The lowest BCUT2D eigenvalue weighted by Crippen LogP contribution is -2.03. The SMILES string of the molecule is COc1ccc(C)cc1Nc1cc(C)nc(Nc2cccc(C)c2)n1. The minimum absolute atomic E-state index is 0.555. The topological polar surface area (TPSA) is 59.1 Å². The number of hydrogen-bond donors (Lipinski definition) is 2. The van der Waals surface area contributed by atoms with Gasteiger partial charge in [-0.2, -0.15) is 4.98 Å². The van der Waals surface area contributed by atoms with Crippen LogP contribution in [-0.2, 0) is 0 Å². The van der Waals surface area contributed by atoms with Gasteiger partial charge in [-0.15, -0.1) is 0 Å². The largest absolute Gasteiger partial charge is 0.495 e. The summed E-state index contributed by atoms with van der Waals surface area (Å²) in [6.07, 6.45) is 0. The second kappa shape index (κ2) is 7.21. The lowest BCUT2D eigenvalue weighted by molar-refractivity contribution is 0.416. The fourth-order valence-corrected chi connectivity index (χ4v) is 2.60. The smallest absolute Gasteiger partial charge is 0.229 e. The van der Waals surface area contributed by atoms with E-state index in [1.165, 1.54) is 5.56 Å². The van der Waals surface area contributed by atoms with Crippen molar-refractivity contribution >= 4 is 23.1 Å². The van der Waals surface area contributed by atoms with Crippen molar-refractivity contribution in [1.82, 2.24) is 9.97 Å². The van der Waals surface area contributed by atoms with Crippen molar-refractivity contribution in [2.24, 2.45) is 0 Å². The zero-order valence-electron chi connectivity index (χ0n) is 14.9. The molecule has 0 aliphatic rings. The Bertz CT molecular complexity index is 893. The van der Waals surface area contributed by atoms with Gasteiger partial charge in [0.15, 0.2) is 0 Å². The molecule has 0 unspecified atom stereocenters. The summed E-state index contributed by atoms with van der Waals surface area (Å²) >= 11 is 0. The monoisotopic (exact) mass is 334 g/mol. The highest BCUT2D eigenvalue weighted by Crippen LogP contribution is 2.28. The first-order valence-electron chi connectivity index (χ1n) is 8.14. The van der Waals surface area contributed by atoms with Gasteiger partial charge in [0, 0.05) is 17.4 Å². The average molecular weight is 334 g/mol. The minimum atomic E-state index is 0.555. The van der Waals surface area contributed by atoms with Crippen LogP contribution in [0.4, 0.5) is 23.1 Å². The summed E-state index contributed by atoms with van der Waals surface area (Å²) in [6.45, 7) is 6.04. The fraction of sp³-hybridized carbons (Fsp3) is 0.200. The molecule has 3 rings (SSSR count). The number of hydrogen-bond acceptors (Lipinski definition) is 5. The summed E-state index contributed by atoms with van der Waals surface area (Å²) in [6, 6.07) is 16.0. The molecule has 5 nitrogen and oxygen atoms in total. The van der Waals surface area contributed by atoms with Crippen LogP contribution in [0.15, 0.2) is 48.5 Å². The quantitative estimate of drug-likeness (QED) is 0.695. The van der Waals surface area contributed by atoms with Gasteiger partial charge in [-0.1, -0.05) is 18.2 Å². The van der Waals surface area contributed by atoms with Crippen molar-refractivity contribution in [2.75, 3.05) is 17.7 Å². The van der Waals surface area contributed by atoms with Crippen LogP contribution in [0.3, 0.4) is 0 Å². The highest BCUT2D eigenvalue weighted by Gasteiger charge is 2.07. The molecule has 25 heavy (non-hydrogen) atoms. The Kier molecular flexibility index (Phi) is 4.84. The van der Waals surface area contributed by atoms with Gasteiger partial charge >= 0.3 is 0 Å². The van der Waals surface area contributed by atoms with Gasteiger partial charge in [-0.25, -0.2) is 4.98 Å². The second-order valence-electron chi connectivity index (χ2n) is 6.04. The van der Waals surface area contributed by atoms with Crippen LogP contribution in [0, 0.1) is 20.8 Å². The third-order valence-electron chi connectivity index (χ3n) is 3.75. The summed E-state index contributed by atoms with van der Waals surface area (Å²) < 4.78 is 5.42. The number of rotatable bonds is 5. The Morgan fingerprint density at radius 1 is 0.840 bits per heavy atom. The number of ether oxygens (including phenoxy) is 1. The summed E-state index contributed by atoms with van der Waals surface area (Å²) in [4.78, 5) is 9.04. The third-order valence-corrected chi connectivity index (χ3v) is 3.75. The van der Waals surface area contributed by atoms with Crippen LogP contribution in [0.5, 0.6) is 5.75 Å². The predicted octanol–water partition coefficient (Wildman–Crippen LogP) is 4.90. The Hall–Kier alpha value is -3.08. The molecule has 0 saturated heterocycles. The van der Waals surface area contributed by atoms with Crippen molar-refractivity contribution < 1.29 is 4.74 Å². The van der Waals surface area contributed by atoms with Crippen LogP contribution in [-0.4, -0.2) is 17.1 Å². The van der Waals surface area contributed by atoms with Crippen molar-refractivity contribution in [3.63, 3.8) is 0 Å². The van der Waals surface area contributed by atoms with E-state index in [9.17, 15) is 0 Å². The van der Waals surface area contributed by atoms with E-state index in [0.717, 1.165) is 28.4 Å². The highest BCUT2D eigenvalue weighted by molar-refractivity contribution is 5.66. The molecule has 1 heterocycles. The zero-order chi connectivity index (χ0) is 17.8. The third kappa shape index (κ3) is 4.26. The van der Waals surface area contributed by atoms with Crippen molar-refractivity contribution in [1.29, 1.82) is 0 Å². The number of methoxy groups -OCH3 is 1. The molecule has 5 heteroatoms. The van der Waals surface area contributed by atoms with Gasteiger partial charge in [0.2, 0.25) is 5.95 Å². The molecule has 2 aromatic carbocycles. The van der Waals surface area contributed by atoms with Gasteiger partial charge in [-0.3, -0.25) is 0 Å². The summed E-state index contributed by atoms with van der Waals surface area (Å²) in [5.41, 5.74) is 5.04. The molecule has 0 aliphatic carbocycles. The molecule has 0 aliphatic heterocycles. The van der Waals surface area contributed by atoms with E-state index in [-0.39, 0.29) is 0 Å². The molecule has 3 aromatic rings. The van der Waals surface area contributed by atoms with E-state index in [2.05, 4.69) is 39.7 Å². The van der Waals surface area contributed by atoms with E-state index in [4.69, 9.17) is 4.74 Å². The van der Waals surface area contributed by atoms with Crippen LogP contribution in [0.1, 0.15) is 16.8 Å². The van der Waals surface area contributed by atoms with Gasteiger partial charge in [0.25, 0.3) is 0 Å². The summed E-state index contributed by atoms with van der Waals surface area (Å²) in [5.74, 6) is 2.04. The maximum atomic E-state index is 5.42. The number of anilines is 4. The highest BCUT2D eigenvalue weighted by atomic mass is 16.5. The molecule has 1 aromatic heterocycles. The number of benzene rings is 2. The van der Waals surface area contributed by atoms with Crippen LogP contribution >= 0.6 is 0 Å². The van der Waals surface area contributed by atoms with E-state index < -0.39 is 0 Å². The van der Waals surface area contributed by atoms with Crippen molar-refractivity contribution in [3.8, 4) is 5.75 Å². The van der Waals surface area contributed by atoms with Crippen LogP contribution in [0.25, 0.3) is 0 Å². The molecule has 0 bridgehead atoms. The van der Waals surface area contributed by atoms with Crippen molar-refractivity contribution in [3.05, 3.63) is 65.4 Å². The minimum Gasteiger partial charge on any atom is -0.495 e. The van der Waals surface area contributed by atoms with Gasteiger partial charge in [0.1, 0.15) is 11.6 Å². The lowest BCUT2D eigenvalue weighted by atomic mass is 10.2. The molecule has 0 spiro atoms. The maximum absolute atomic E-state index is 5.42. The van der Waals surface area contributed by atoms with E-state index in [1.54, 1.807) is 7.11 Å². The number of nitrogens with zero attached hydrogens (tertiary/aromatic N) is 2. The Morgan fingerprint density at radius 3 is 2.40 bits per heavy atom. The van der Waals surface area contributed by atoms with E-state index in [1.807, 2.05) is 50.2 Å². The Morgan fingerprint density at radius 2 is 1.64 bits per heavy atom. The molecule has 2 N–H and O–H groups in total. The summed E-state index contributed by atoms with van der Waals surface area (Å²) in [7, 11) is 1.66. The molecule has 0 atom stereocenters. The average Bonchev–Trinajstić information content (AvgIpc) is 2.54. The standard InChI is InChI=1S/C20H22N4O/c1-13-6-5-7-16(10-13)22-20-21-15(3)12-19(24-20)23-17-11-14(2)8-9-18(17)25-4/h5-12H,1-4H3,(H2,21,22,23,24). The number of aromatic nitrogens is 2. The molecule has 0 fully saturated rings. The number of nitrogens with one attached hydrogen (secondary N) is 2. The normalized spacial score (nSPS) is 10.4. The maximum Gasteiger partial charge on any atom is 0.229 e.